The van der Waals surface area contributed by atoms with Crippen LogP contribution in [0.5, 0.6) is 0 Å². The van der Waals surface area contributed by atoms with E-state index in [1.54, 1.807) is 0 Å². The fraction of sp³-hybridized carbons (Fsp3) is 0.786. The number of benzene rings is 1. The first kappa shape index (κ1) is 23.8. The van der Waals surface area contributed by atoms with Crippen LogP contribution in [0.25, 0.3) is 0 Å². The van der Waals surface area contributed by atoms with Gasteiger partial charge >= 0.3 is 0 Å². The van der Waals surface area contributed by atoms with E-state index in [4.69, 9.17) is 9.47 Å². The summed E-state index contributed by atoms with van der Waals surface area (Å²) in [7, 11) is 0. The summed E-state index contributed by atoms with van der Waals surface area (Å²) in [5.41, 5.74) is 0. The lowest BCUT2D eigenvalue weighted by molar-refractivity contribution is -0.157. The monoisotopic (exact) mass is 414 g/mol. The van der Waals surface area contributed by atoms with E-state index >= 15 is 0 Å². The predicted molar refractivity (Wildman–Crippen MR) is 127 cm³/mol. The van der Waals surface area contributed by atoms with Gasteiger partial charge in [-0.15, -0.1) is 0 Å². The zero-order valence-corrected chi connectivity index (χ0v) is 19.7. The summed E-state index contributed by atoms with van der Waals surface area (Å²) in [4.78, 5) is 0. The van der Waals surface area contributed by atoms with Crippen LogP contribution < -0.4 is 0 Å². The van der Waals surface area contributed by atoms with Gasteiger partial charge in [0.15, 0.2) is 0 Å². The van der Waals surface area contributed by atoms with Crippen LogP contribution in [0, 0.1) is 22.3 Å². The molecule has 0 amide bonds. The molecule has 0 radical (unpaired) electrons. The summed E-state index contributed by atoms with van der Waals surface area (Å²) < 4.78 is 12.3. The number of hydrogen-bond donors (Lipinski definition) is 0. The molecule has 1 heterocycles. The van der Waals surface area contributed by atoms with Gasteiger partial charge in [0.25, 0.3) is 0 Å². The highest BCUT2D eigenvalue weighted by atomic mass is 16.6. The molecule has 0 aromatic rings. The topological polar surface area (TPSA) is 18.5 Å². The lowest BCUT2D eigenvalue weighted by Crippen LogP contribution is -2.41. The molecule has 30 heavy (non-hydrogen) atoms. The van der Waals surface area contributed by atoms with E-state index in [0.29, 0.717) is 12.2 Å². The molecule has 170 valence electrons. The van der Waals surface area contributed by atoms with Gasteiger partial charge in [-0.3, -0.25) is 0 Å². The van der Waals surface area contributed by atoms with Gasteiger partial charge in [-0.2, -0.15) is 0 Å². The largest absolute Gasteiger partial charge is 0.373 e. The maximum Gasteiger partial charge on any atom is 0.0838 e. The third kappa shape index (κ3) is 7.68. The highest BCUT2D eigenvalue weighted by molar-refractivity contribution is 5.22. The molecule has 0 N–H and O–H groups in total. The Bertz CT molecular complexity index is 603. The summed E-state index contributed by atoms with van der Waals surface area (Å²) in [6.07, 6.45) is 20.0. The minimum atomic E-state index is 0.369. The Morgan fingerprint density at radius 3 is 1.80 bits per heavy atom. The highest BCUT2D eigenvalue weighted by Gasteiger charge is 2.31. The van der Waals surface area contributed by atoms with Crippen molar-refractivity contribution in [2.24, 2.45) is 11.8 Å². The normalized spacial score (nSPS) is 27.3. The van der Waals surface area contributed by atoms with Gasteiger partial charge in [0.2, 0.25) is 0 Å². The van der Waals surface area contributed by atoms with Gasteiger partial charge in [-0.1, -0.05) is 109 Å². The molecule has 0 spiro atoms. The van der Waals surface area contributed by atoms with Crippen molar-refractivity contribution in [3.8, 4) is 0 Å². The maximum absolute atomic E-state index is 6.22. The van der Waals surface area contributed by atoms with Gasteiger partial charge in [0.1, 0.15) is 0 Å². The molecule has 1 saturated carbocycles. The van der Waals surface area contributed by atoms with E-state index in [-0.39, 0.29) is 0 Å². The Labute approximate surface area is 185 Å². The third-order valence-electron chi connectivity index (χ3n) is 7.47. The van der Waals surface area contributed by atoms with Gasteiger partial charge in [-0.25, -0.2) is 0 Å². The first-order chi connectivity index (χ1) is 14.8. The number of hydrogen-bond acceptors (Lipinski definition) is 2. The van der Waals surface area contributed by atoms with Crippen LogP contribution in [0.3, 0.4) is 0 Å². The minimum absolute atomic E-state index is 0.369. The first-order valence-corrected chi connectivity index (χ1v) is 13.1. The van der Waals surface area contributed by atoms with Crippen molar-refractivity contribution < 1.29 is 9.47 Å². The molecule has 2 atom stereocenters. The summed E-state index contributed by atoms with van der Waals surface area (Å²) >= 11 is 0. The molecule has 2 unspecified atom stereocenters. The van der Waals surface area contributed by atoms with Crippen molar-refractivity contribution in [3.63, 3.8) is 0 Å². The zero-order valence-electron chi connectivity index (χ0n) is 19.7. The van der Waals surface area contributed by atoms with Crippen molar-refractivity contribution in [3.05, 3.63) is 34.7 Å². The Morgan fingerprint density at radius 2 is 1.27 bits per heavy atom. The van der Waals surface area contributed by atoms with Gasteiger partial charge in [0.05, 0.1) is 25.4 Å². The third-order valence-corrected chi connectivity index (χ3v) is 7.47. The quantitative estimate of drug-likeness (QED) is 0.349. The molecule has 0 aromatic carbocycles. The Balaban J connectivity index is 0.000000357. The molecule has 0 aromatic heterocycles. The Morgan fingerprint density at radius 1 is 0.667 bits per heavy atom. The van der Waals surface area contributed by atoms with E-state index in [2.05, 4.69) is 38.1 Å². The molecular formula is C28H46O2. The molecule has 4 aliphatic rings. The second kappa shape index (κ2) is 13.5. The van der Waals surface area contributed by atoms with Crippen molar-refractivity contribution in [2.45, 2.75) is 116 Å². The van der Waals surface area contributed by atoms with E-state index in [0.717, 1.165) is 25.0 Å². The lowest BCUT2D eigenvalue weighted by Gasteiger charge is -2.38. The van der Waals surface area contributed by atoms with E-state index in [1.165, 1.54) is 100 Å². The molecular weight excluding hydrogens is 368 g/mol. The summed E-state index contributed by atoms with van der Waals surface area (Å²) in [5.74, 6) is 1.76. The van der Waals surface area contributed by atoms with Gasteiger partial charge in [0, 0.05) is 0 Å². The molecule has 1 saturated heterocycles. The smallest absolute Gasteiger partial charge is 0.0838 e. The number of unbranched alkanes of at least 4 members (excludes halogenated alkanes) is 6. The van der Waals surface area contributed by atoms with Crippen molar-refractivity contribution in [2.75, 3.05) is 13.2 Å². The molecule has 4 rings (SSSR count). The molecule has 2 fully saturated rings. The van der Waals surface area contributed by atoms with Crippen LogP contribution in [0.2, 0.25) is 0 Å². The van der Waals surface area contributed by atoms with Gasteiger partial charge < -0.3 is 9.47 Å². The second-order valence-corrected chi connectivity index (χ2v) is 9.88. The molecule has 2 heteroatoms. The van der Waals surface area contributed by atoms with Crippen LogP contribution in [0.15, 0.2) is 24.3 Å². The fourth-order valence-electron chi connectivity index (χ4n) is 5.17. The van der Waals surface area contributed by atoms with Crippen LogP contribution in [-0.4, -0.2) is 25.4 Å². The molecule has 1 aliphatic heterocycles. The van der Waals surface area contributed by atoms with Crippen LogP contribution >= 0.6 is 0 Å². The highest BCUT2D eigenvalue weighted by Crippen LogP contribution is 2.35. The molecule has 3 aliphatic carbocycles. The molecule has 0 bridgehead atoms. The Hall–Kier alpha value is -0.860. The minimum Gasteiger partial charge on any atom is -0.373 e. The molecule has 2 nitrogen and oxygen atoms in total. The average molecular weight is 415 g/mol. The second-order valence-electron chi connectivity index (χ2n) is 9.88. The summed E-state index contributed by atoms with van der Waals surface area (Å²) in [6.45, 7) is 6.27. The number of rotatable bonds is 11. The van der Waals surface area contributed by atoms with Gasteiger partial charge in [-0.05, 0) is 41.5 Å². The van der Waals surface area contributed by atoms with Crippen LogP contribution in [0.4, 0.5) is 0 Å². The van der Waals surface area contributed by atoms with Crippen molar-refractivity contribution in [1.82, 2.24) is 0 Å². The van der Waals surface area contributed by atoms with E-state index in [9.17, 15) is 0 Å². The summed E-state index contributed by atoms with van der Waals surface area (Å²) in [5, 5.41) is 2.85. The average Bonchev–Trinajstić information content (AvgIpc) is 2.78. The summed E-state index contributed by atoms with van der Waals surface area (Å²) in [6, 6.07) is 8.48. The number of ether oxygens (including phenoxy) is 2. The maximum atomic E-state index is 6.22. The first-order valence-electron chi connectivity index (χ1n) is 13.1. The predicted octanol–water partition coefficient (Wildman–Crippen LogP) is 7.80. The zero-order chi connectivity index (χ0) is 21.0. The van der Waals surface area contributed by atoms with Crippen molar-refractivity contribution >= 4 is 0 Å². The van der Waals surface area contributed by atoms with Crippen LogP contribution in [0.1, 0.15) is 104 Å². The van der Waals surface area contributed by atoms with Crippen LogP contribution in [-0.2, 0) is 9.47 Å². The lowest BCUT2D eigenvalue weighted by atomic mass is 9.77. The Kier molecular flexibility index (Phi) is 10.7. The SMILES string of the molecule is CCCCCCCC1COC(C2CCC(CCCCC)CC2)CO1.c1cc2ccc1=2. The van der Waals surface area contributed by atoms with E-state index < -0.39 is 0 Å². The fourth-order valence-corrected chi connectivity index (χ4v) is 5.17. The standard InChI is InChI=1S/C22H42O2.C6H4/c1-3-5-7-8-10-12-21-17-24-22(18-23-21)20-15-13-19(14-16-20)11-9-6-4-2;1-2-6-4-3-5(1)6/h19-22H,3-18H2,1-2H3;1-4H. The van der Waals surface area contributed by atoms with E-state index in [1.807, 2.05) is 0 Å². The van der Waals surface area contributed by atoms with Crippen molar-refractivity contribution in [1.29, 1.82) is 0 Å².